The number of anilines is 1. The minimum atomic E-state index is -0.915. The number of hydrogen-bond donors (Lipinski definition) is 1. The Morgan fingerprint density at radius 3 is 2.46 bits per heavy atom. The quantitative estimate of drug-likeness (QED) is 0.401. The molecule has 0 fully saturated rings. The lowest BCUT2D eigenvalue weighted by atomic mass is 9.96. The van der Waals surface area contributed by atoms with Crippen molar-refractivity contribution in [2.75, 3.05) is 19.0 Å². The summed E-state index contributed by atoms with van der Waals surface area (Å²) in [6, 6.07) is 4.99. The van der Waals surface area contributed by atoms with Crippen molar-refractivity contribution in [3.8, 4) is 5.75 Å². The summed E-state index contributed by atoms with van der Waals surface area (Å²) < 4.78 is 16.4. The maximum Gasteiger partial charge on any atom is 0.341 e. The Morgan fingerprint density at radius 2 is 1.89 bits per heavy atom. The average molecular weight is 394 g/mol. The van der Waals surface area contributed by atoms with Gasteiger partial charge >= 0.3 is 5.97 Å². The van der Waals surface area contributed by atoms with Gasteiger partial charge in [-0.2, -0.15) is 0 Å². The summed E-state index contributed by atoms with van der Waals surface area (Å²) >= 11 is 0. The largest absolute Gasteiger partial charge is 0.490 e. The number of hydrogen-bond acceptors (Lipinski definition) is 5. The molecular weight excluding hydrogens is 358 g/mol. The normalized spacial score (nSPS) is 14.1. The number of benzene rings is 1. The fourth-order valence-electron chi connectivity index (χ4n) is 2.83. The molecular formula is C22H35NO5. The van der Waals surface area contributed by atoms with Crippen LogP contribution in [0, 0.1) is 0 Å². The molecule has 0 spiro atoms. The maximum atomic E-state index is 12.9. The fraction of sp³-hybridized carbons (Fsp3) is 0.636. The molecule has 0 unspecified atom stereocenters. The molecule has 0 heterocycles. The molecule has 1 N–H and O–H groups in total. The second kappa shape index (κ2) is 11.7. The third-order valence-electron chi connectivity index (χ3n) is 4.75. The number of ether oxygens (including phenoxy) is 3. The van der Waals surface area contributed by atoms with E-state index in [-0.39, 0.29) is 17.6 Å². The van der Waals surface area contributed by atoms with Crippen molar-refractivity contribution in [2.45, 2.75) is 78.4 Å². The van der Waals surface area contributed by atoms with Gasteiger partial charge in [0.1, 0.15) is 16.9 Å². The molecule has 0 radical (unpaired) electrons. The molecule has 0 aliphatic heterocycles. The summed E-state index contributed by atoms with van der Waals surface area (Å²) in [5, 5.41) is 2.88. The number of esters is 1. The van der Waals surface area contributed by atoms with Gasteiger partial charge in [-0.05, 0) is 51.8 Å². The summed E-state index contributed by atoms with van der Waals surface area (Å²) in [7, 11) is 1.32. The van der Waals surface area contributed by atoms with Crippen molar-refractivity contribution >= 4 is 17.6 Å². The van der Waals surface area contributed by atoms with Crippen LogP contribution in [0.4, 0.5) is 5.69 Å². The molecule has 0 aromatic heterocycles. The molecule has 1 aromatic rings. The lowest BCUT2D eigenvalue weighted by Gasteiger charge is -2.28. The van der Waals surface area contributed by atoms with E-state index in [4.69, 9.17) is 14.2 Å². The standard InChI is InChI=1S/C22H35NO5/c1-7-10-11-14-22(5,27-9-3)21(25)23-17-12-13-19(28-16(4)8-2)18(15-17)20(24)26-6/h12-13,15-16H,7-11,14H2,1-6H3,(H,23,25)/t16-,22-/m0/s1. The van der Waals surface area contributed by atoms with Crippen molar-refractivity contribution < 1.29 is 23.8 Å². The van der Waals surface area contributed by atoms with E-state index in [1.807, 2.05) is 27.7 Å². The smallest absolute Gasteiger partial charge is 0.341 e. The number of carbonyl (C=O) groups excluding carboxylic acids is 2. The van der Waals surface area contributed by atoms with E-state index in [2.05, 4.69) is 12.2 Å². The Morgan fingerprint density at radius 1 is 1.18 bits per heavy atom. The molecule has 0 bridgehead atoms. The van der Waals surface area contributed by atoms with Gasteiger partial charge in [-0.15, -0.1) is 0 Å². The van der Waals surface area contributed by atoms with Crippen LogP contribution in [0.15, 0.2) is 18.2 Å². The van der Waals surface area contributed by atoms with Crippen LogP contribution in [-0.4, -0.2) is 37.3 Å². The highest BCUT2D eigenvalue weighted by Gasteiger charge is 2.33. The maximum absolute atomic E-state index is 12.9. The molecule has 0 saturated carbocycles. The summed E-state index contributed by atoms with van der Waals surface area (Å²) in [6.45, 7) is 10.2. The van der Waals surface area contributed by atoms with Gasteiger partial charge in [0.2, 0.25) is 0 Å². The van der Waals surface area contributed by atoms with E-state index >= 15 is 0 Å². The molecule has 1 rings (SSSR count). The van der Waals surface area contributed by atoms with Crippen LogP contribution < -0.4 is 10.1 Å². The lowest BCUT2D eigenvalue weighted by molar-refractivity contribution is -0.139. The van der Waals surface area contributed by atoms with Crippen molar-refractivity contribution in [3.05, 3.63) is 23.8 Å². The van der Waals surface area contributed by atoms with Crippen LogP contribution in [0.3, 0.4) is 0 Å². The van der Waals surface area contributed by atoms with E-state index in [0.29, 0.717) is 24.5 Å². The molecule has 2 atom stereocenters. The van der Waals surface area contributed by atoms with Crippen molar-refractivity contribution in [1.82, 2.24) is 0 Å². The van der Waals surface area contributed by atoms with Crippen LogP contribution >= 0.6 is 0 Å². The van der Waals surface area contributed by atoms with Gasteiger partial charge in [0.05, 0.1) is 13.2 Å². The zero-order valence-electron chi connectivity index (χ0n) is 18.1. The number of unbranched alkanes of at least 4 members (excludes halogenated alkanes) is 2. The van der Waals surface area contributed by atoms with E-state index < -0.39 is 11.6 Å². The molecule has 0 aliphatic rings. The first-order valence-corrected chi connectivity index (χ1v) is 10.2. The Labute approximate surface area is 168 Å². The highest BCUT2D eigenvalue weighted by Crippen LogP contribution is 2.27. The van der Waals surface area contributed by atoms with Gasteiger partial charge in [0.15, 0.2) is 0 Å². The molecule has 28 heavy (non-hydrogen) atoms. The molecule has 1 aromatic carbocycles. The zero-order valence-corrected chi connectivity index (χ0v) is 18.1. The average Bonchev–Trinajstić information content (AvgIpc) is 2.68. The number of amides is 1. The monoisotopic (exact) mass is 393 g/mol. The van der Waals surface area contributed by atoms with E-state index in [1.54, 1.807) is 18.2 Å². The number of nitrogens with one attached hydrogen (secondary N) is 1. The van der Waals surface area contributed by atoms with Gasteiger partial charge in [0.25, 0.3) is 5.91 Å². The number of methoxy groups -OCH3 is 1. The molecule has 158 valence electrons. The van der Waals surface area contributed by atoms with Gasteiger partial charge < -0.3 is 19.5 Å². The Bertz CT molecular complexity index is 646. The van der Waals surface area contributed by atoms with E-state index in [1.165, 1.54) is 7.11 Å². The van der Waals surface area contributed by atoms with Gasteiger partial charge in [-0.25, -0.2) is 4.79 Å². The molecule has 1 amide bonds. The minimum absolute atomic E-state index is 0.0383. The second-order valence-electron chi connectivity index (χ2n) is 7.11. The van der Waals surface area contributed by atoms with Crippen molar-refractivity contribution in [2.24, 2.45) is 0 Å². The Hall–Kier alpha value is -2.08. The van der Waals surface area contributed by atoms with Crippen LogP contribution in [0.1, 0.15) is 77.1 Å². The molecule has 6 heteroatoms. The molecule has 6 nitrogen and oxygen atoms in total. The molecule has 0 aliphatic carbocycles. The highest BCUT2D eigenvalue weighted by atomic mass is 16.5. The first kappa shape index (κ1) is 24.0. The van der Waals surface area contributed by atoms with Crippen LogP contribution in [-0.2, 0) is 14.3 Å². The van der Waals surface area contributed by atoms with Crippen LogP contribution in [0.25, 0.3) is 0 Å². The van der Waals surface area contributed by atoms with Gasteiger partial charge in [-0.1, -0.05) is 33.1 Å². The summed E-state index contributed by atoms with van der Waals surface area (Å²) in [5.74, 6) is -0.295. The third-order valence-corrected chi connectivity index (χ3v) is 4.75. The first-order valence-electron chi connectivity index (χ1n) is 10.2. The SMILES string of the molecule is CCCCC[C@](C)(OCC)C(=O)Nc1ccc(O[C@@H](C)CC)c(C(=O)OC)c1. The van der Waals surface area contributed by atoms with E-state index in [9.17, 15) is 9.59 Å². The topological polar surface area (TPSA) is 73.9 Å². The molecule has 0 saturated heterocycles. The minimum Gasteiger partial charge on any atom is -0.490 e. The lowest BCUT2D eigenvalue weighted by Crippen LogP contribution is -2.42. The van der Waals surface area contributed by atoms with Crippen LogP contribution in [0.5, 0.6) is 5.75 Å². The Kier molecular flexibility index (Phi) is 10.0. The van der Waals surface area contributed by atoms with Crippen LogP contribution in [0.2, 0.25) is 0 Å². The fourth-order valence-corrected chi connectivity index (χ4v) is 2.83. The summed E-state index contributed by atoms with van der Waals surface area (Å²) in [6.07, 6.45) is 4.44. The van der Waals surface area contributed by atoms with Crippen molar-refractivity contribution in [1.29, 1.82) is 0 Å². The Balaban J connectivity index is 3.05. The predicted octanol–water partition coefficient (Wildman–Crippen LogP) is 4.96. The second-order valence-corrected chi connectivity index (χ2v) is 7.11. The van der Waals surface area contributed by atoms with E-state index in [0.717, 1.165) is 25.7 Å². The van der Waals surface area contributed by atoms with Gasteiger partial charge in [-0.3, -0.25) is 4.79 Å². The number of rotatable bonds is 12. The number of carbonyl (C=O) groups is 2. The zero-order chi connectivity index (χ0) is 21.2. The highest BCUT2D eigenvalue weighted by molar-refractivity contribution is 5.99. The predicted molar refractivity (Wildman–Crippen MR) is 111 cm³/mol. The van der Waals surface area contributed by atoms with Crippen molar-refractivity contribution in [3.63, 3.8) is 0 Å². The van der Waals surface area contributed by atoms with Gasteiger partial charge in [0, 0.05) is 12.3 Å². The third kappa shape index (κ3) is 6.82. The summed E-state index contributed by atoms with van der Waals surface area (Å²) in [4.78, 5) is 25.1. The first-order chi connectivity index (χ1) is 13.3. The summed E-state index contributed by atoms with van der Waals surface area (Å²) in [5.41, 5.74) is -0.130.